The highest BCUT2D eigenvalue weighted by atomic mass is 15.8. The summed E-state index contributed by atoms with van der Waals surface area (Å²) in [7, 11) is 0. The SMILES string of the molecule is NC[C@@H](N)CN1NNN=C1c1ccccc1-c1cccc2[nH]c(N)nc12. The van der Waals surface area contributed by atoms with E-state index in [4.69, 9.17) is 17.2 Å². The lowest BCUT2D eigenvalue weighted by atomic mass is 9.97. The van der Waals surface area contributed by atoms with Crippen molar-refractivity contribution in [2.75, 3.05) is 18.8 Å². The van der Waals surface area contributed by atoms with Gasteiger partial charge in [-0.2, -0.15) is 0 Å². The lowest BCUT2D eigenvalue weighted by Crippen LogP contribution is -2.49. The summed E-state index contributed by atoms with van der Waals surface area (Å²) in [4.78, 5) is 7.51. The van der Waals surface area contributed by atoms with Crippen LogP contribution in [-0.4, -0.2) is 39.9 Å². The van der Waals surface area contributed by atoms with Gasteiger partial charge in [0.2, 0.25) is 0 Å². The zero-order chi connectivity index (χ0) is 18.1. The smallest absolute Gasteiger partial charge is 0.198 e. The number of hydrogen-bond donors (Lipinski definition) is 6. The minimum absolute atomic E-state index is 0.172. The molecule has 0 bridgehead atoms. The Hall–Kier alpha value is -3.14. The van der Waals surface area contributed by atoms with Gasteiger partial charge in [-0.3, -0.25) is 5.01 Å². The van der Waals surface area contributed by atoms with E-state index in [0.717, 1.165) is 33.6 Å². The molecular formula is C17H21N9. The predicted molar refractivity (Wildman–Crippen MR) is 102 cm³/mol. The normalized spacial score (nSPS) is 15.2. The number of hydrazine groups is 2. The third-order valence-corrected chi connectivity index (χ3v) is 4.31. The highest BCUT2D eigenvalue weighted by Crippen LogP contribution is 2.31. The van der Waals surface area contributed by atoms with Crippen LogP contribution in [0.25, 0.3) is 22.2 Å². The van der Waals surface area contributed by atoms with Crippen LogP contribution >= 0.6 is 0 Å². The van der Waals surface area contributed by atoms with Gasteiger partial charge in [0.15, 0.2) is 11.8 Å². The van der Waals surface area contributed by atoms with Gasteiger partial charge in [0, 0.05) is 23.7 Å². The Bertz CT molecular complexity index is 962. The Kier molecular flexibility index (Phi) is 4.17. The van der Waals surface area contributed by atoms with Crippen LogP contribution in [0.15, 0.2) is 47.6 Å². The number of rotatable bonds is 5. The minimum Gasteiger partial charge on any atom is -0.369 e. The summed E-state index contributed by atoms with van der Waals surface area (Å²) in [6.45, 7) is 0.912. The summed E-state index contributed by atoms with van der Waals surface area (Å²) in [5.41, 5.74) is 27.9. The lowest BCUT2D eigenvalue weighted by Gasteiger charge is -2.23. The number of nitrogen functional groups attached to an aromatic ring is 1. The molecule has 2 heterocycles. The number of amidine groups is 1. The number of nitrogens with one attached hydrogen (secondary N) is 3. The fourth-order valence-corrected chi connectivity index (χ4v) is 3.08. The molecule has 0 saturated heterocycles. The third-order valence-electron chi connectivity index (χ3n) is 4.31. The molecule has 1 aliphatic rings. The van der Waals surface area contributed by atoms with E-state index in [1.807, 2.05) is 47.5 Å². The number of imidazole rings is 1. The highest BCUT2D eigenvalue weighted by Gasteiger charge is 2.24. The number of fused-ring (bicyclic) bond motifs is 1. The molecule has 1 aliphatic heterocycles. The second kappa shape index (κ2) is 6.64. The molecule has 9 heteroatoms. The summed E-state index contributed by atoms with van der Waals surface area (Å²) < 4.78 is 0. The van der Waals surface area contributed by atoms with Crippen LogP contribution in [0.4, 0.5) is 5.95 Å². The molecule has 1 aromatic heterocycles. The van der Waals surface area contributed by atoms with Crippen LogP contribution in [-0.2, 0) is 0 Å². The molecule has 0 fully saturated rings. The van der Waals surface area contributed by atoms with Gasteiger partial charge in [-0.05, 0) is 11.6 Å². The maximum absolute atomic E-state index is 6.00. The first-order chi connectivity index (χ1) is 12.7. The van der Waals surface area contributed by atoms with Crippen LogP contribution in [0.3, 0.4) is 0 Å². The van der Waals surface area contributed by atoms with Crippen molar-refractivity contribution in [3.8, 4) is 11.1 Å². The molecule has 9 nitrogen and oxygen atoms in total. The Morgan fingerprint density at radius 2 is 1.81 bits per heavy atom. The van der Waals surface area contributed by atoms with Crippen molar-refractivity contribution in [3.05, 3.63) is 48.0 Å². The number of nitrogens with zero attached hydrogens (tertiary/aromatic N) is 3. The number of nitrogens with two attached hydrogens (primary N) is 3. The topological polar surface area (TPSA) is 146 Å². The average molecular weight is 351 g/mol. The number of aromatic amines is 1. The minimum atomic E-state index is -0.172. The zero-order valence-electron chi connectivity index (χ0n) is 14.1. The predicted octanol–water partition coefficient (Wildman–Crippen LogP) is 0.0845. The molecule has 3 aromatic rings. The molecule has 134 valence electrons. The van der Waals surface area contributed by atoms with E-state index in [9.17, 15) is 0 Å². The number of benzene rings is 2. The van der Waals surface area contributed by atoms with E-state index in [0.29, 0.717) is 19.0 Å². The van der Waals surface area contributed by atoms with E-state index in [1.54, 1.807) is 0 Å². The highest BCUT2D eigenvalue weighted by molar-refractivity contribution is 6.07. The molecule has 4 rings (SSSR count). The first kappa shape index (κ1) is 16.3. The van der Waals surface area contributed by atoms with E-state index in [-0.39, 0.29) is 6.04 Å². The number of anilines is 1. The molecule has 9 N–H and O–H groups in total. The number of para-hydroxylation sites is 1. The van der Waals surface area contributed by atoms with Gasteiger partial charge in [-0.25, -0.2) is 10.5 Å². The van der Waals surface area contributed by atoms with Crippen molar-refractivity contribution in [2.24, 2.45) is 16.6 Å². The van der Waals surface area contributed by atoms with Crippen molar-refractivity contribution in [1.29, 1.82) is 0 Å². The zero-order valence-corrected chi connectivity index (χ0v) is 14.1. The molecule has 26 heavy (non-hydrogen) atoms. The van der Waals surface area contributed by atoms with Crippen molar-refractivity contribution >= 4 is 22.8 Å². The van der Waals surface area contributed by atoms with E-state index >= 15 is 0 Å². The van der Waals surface area contributed by atoms with E-state index in [2.05, 4.69) is 26.1 Å². The molecular weight excluding hydrogens is 330 g/mol. The summed E-state index contributed by atoms with van der Waals surface area (Å²) in [6.07, 6.45) is 0. The monoisotopic (exact) mass is 351 g/mol. The average Bonchev–Trinajstić information content (AvgIpc) is 3.26. The van der Waals surface area contributed by atoms with Crippen LogP contribution in [0, 0.1) is 0 Å². The Labute approximate surface area is 150 Å². The van der Waals surface area contributed by atoms with Crippen LogP contribution in [0.5, 0.6) is 0 Å². The van der Waals surface area contributed by atoms with E-state index in [1.165, 1.54) is 0 Å². The molecule has 0 saturated carbocycles. The number of hydrogen-bond acceptors (Lipinski definition) is 8. The molecule has 0 unspecified atom stereocenters. The molecule has 0 radical (unpaired) electrons. The van der Waals surface area contributed by atoms with Crippen molar-refractivity contribution in [2.45, 2.75) is 6.04 Å². The van der Waals surface area contributed by atoms with Crippen LogP contribution < -0.4 is 28.3 Å². The fraction of sp³-hybridized carbons (Fsp3) is 0.176. The standard InChI is InChI=1S/C17H21N9/c18-8-10(19)9-26-16(23-24-25-26)13-5-2-1-4-11(13)12-6-3-7-14-15(12)22-17(20)21-14/h1-7,10,24-25H,8-9,18-19H2,(H3,20,21,22)/t10-/m1/s1. The van der Waals surface area contributed by atoms with Crippen LogP contribution in [0.2, 0.25) is 0 Å². The summed E-state index contributed by atoms with van der Waals surface area (Å²) in [5.74, 6) is 1.13. The number of aromatic nitrogens is 2. The van der Waals surface area contributed by atoms with Crippen molar-refractivity contribution in [1.82, 2.24) is 26.0 Å². The lowest BCUT2D eigenvalue weighted by molar-refractivity contribution is 0.279. The molecule has 1 atom stereocenters. The van der Waals surface area contributed by atoms with Gasteiger partial charge >= 0.3 is 0 Å². The fourth-order valence-electron chi connectivity index (χ4n) is 3.08. The van der Waals surface area contributed by atoms with Crippen molar-refractivity contribution in [3.63, 3.8) is 0 Å². The van der Waals surface area contributed by atoms with Gasteiger partial charge < -0.3 is 22.2 Å². The first-order valence-corrected chi connectivity index (χ1v) is 8.33. The van der Waals surface area contributed by atoms with Gasteiger partial charge in [-0.1, -0.05) is 36.4 Å². The second-order valence-corrected chi connectivity index (χ2v) is 6.13. The largest absolute Gasteiger partial charge is 0.369 e. The summed E-state index contributed by atoms with van der Waals surface area (Å²) in [6, 6.07) is 13.8. The van der Waals surface area contributed by atoms with Gasteiger partial charge in [0.05, 0.1) is 17.6 Å². The first-order valence-electron chi connectivity index (χ1n) is 8.33. The molecule has 2 aromatic carbocycles. The summed E-state index contributed by atoms with van der Waals surface area (Å²) >= 11 is 0. The molecule has 0 spiro atoms. The van der Waals surface area contributed by atoms with Gasteiger partial charge in [0.25, 0.3) is 0 Å². The molecule has 0 aliphatic carbocycles. The third kappa shape index (κ3) is 2.84. The van der Waals surface area contributed by atoms with Crippen LogP contribution in [0.1, 0.15) is 5.56 Å². The molecule has 0 amide bonds. The number of hydrazone groups is 1. The van der Waals surface area contributed by atoms with Crippen molar-refractivity contribution < 1.29 is 0 Å². The van der Waals surface area contributed by atoms with E-state index < -0.39 is 0 Å². The quantitative estimate of drug-likeness (QED) is 0.382. The Morgan fingerprint density at radius 3 is 2.62 bits per heavy atom. The van der Waals surface area contributed by atoms with Gasteiger partial charge in [-0.15, -0.1) is 10.6 Å². The Morgan fingerprint density at radius 1 is 1.04 bits per heavy atom. The second-order valence-electron chi connectivity index (χ2n) is 6.13. The van der Waals surface area contributed by atoms with Gasteiger partial charge in [0.1, 0.15) is 0 Å². The number of H-pyrrole nitrogens is 1. The summed E-state index contributed by atoms with van der Waals surface area (Å²) in [5, 5.41) is 6.23. The Balaban J connectivity index is 1.80. The maximum Gasteiger partial charge on any atom is 0.198 e. The maximum atomic E-state index is 6.00.